The number of nitrogens with zero attached hydrogens (tertiary/aromatic N) is 2. The number of carbonyl (C=O) groups is 1. The van der Waals surface area contributed by atoms with Gasteiger partial charge in [-0.2, -0.15) is 0 Å². The summed E-state index contributed by atoms with van der Waals surface area (Å²) in [7, 11) is 1.83. The maximum atomic E-state index is 11.8. The zero-order chi connectivity index (χ0) is 17.3. The molecule has 142 valence electrons. The van der Waals surface area contributed by atoms with Crippen molar-refractivity contribution >= 4 is 35.8 Å². The molecule has 2 N–H and O–H groups in total. The van der Waals surface area contributed by atoms with Gasteiger partial charge in [0.2, 0.25) is 5.91 Å². The van der Waals surface area contributed by atoms with Crippen molar-refractivity contribution in [3.05, 3.63) is 0 Å². The molecule has 1 aliphatic heterocycles. The number of aliphatic imine (C=N–C) groups is 1. The zero-order valence-electron chi connectivity index (χ0n) is 16.2. The standard InChI is InChI=1S/C18H36N4O.HI/c1-6-10-18(4)11-8-13-22(14-18)17(19-5)20-12-9-16(23)21-15(3)7-2;/h15H,6-14H2,1-5H3,(H,19,20)(H,21,23);1H. The molecule has 2 unspecified atom stereocenters. The largest absolute Gasteiger partial charge is 0.356 e. The molecule has 5 nitrogen and oxygen atoms in total. The average molecular weight is 452 g/mol. The summed E-state index contributed by atoms with van der Waals surface area (Å²) in [6.45, 7) is 11.5. The average Bonchev–Trinajstić information content (AvgIpc) is 2.51. The maximum absolute atomic E-state index is 11.8. The first-order valence-corrected chi connectivity index (χ1v) is 9.19. The van der Waals surface area contributed by atoms with Crippen LogP contribution in [0.4, 0.5) is 0 Å². The number of hydrogen-bond acceptors (Lipinski definition) is 2. The van der Waals surface area contributed by atoms with Crippen molar-refractivity contribution in [2.45, 2.75) is 72.3 Å². The summed E-state index contributed by atoms with van der Waals surface area (Å²) in [5, 5.41) is 6.35. The highest BCUT2D eigenvalue weighted by atomic mass is 127. The van der Waals surface area contributed by atoms with E-state index in [9.17, 15) is 4.79 Å². The molecule has 0 aromatic heterocycles. The number of rotatable bonds is 7. The van der Waals surface area contributed by atoms with E-state index in [1.54, 1.807) is 0 Å². The van der Waals surface area contributed by atoms with Crippen molar-refractivity contribution in [2.24, 2.45) is 10.4 Å². The summed E-state index contributed by atoms with van der Waals surface area (Å²) < 4.78 is 0. The lowest BCUT2D eigenvalue weighted by atomic mass is 9.78. The van der Waals surface area contributed by atoms with Gasteiger partial charge in [-0.15, -0.1) is 24.0 Å². The van der Waals surface area contributed by atoms with E-state index < -0.39 is 0 Å². The van der Waals surface area contributed by atoms with Gasteiger partial charge in [-0.1, -0.05) is 27.2 Å². The smallest absolute Gasteiger partial charge is 0.221 e. The monoisotopic (exact) mass is 452 g/mol. The van der Waals surface area contributed by atoms with Crippen LogP contribution >= 0.6 is 24.0 Å². The molecule has 24 heavy (non-hydrogen) atoms. The first-order valence-electron chi connectivity index (χ1n) is 9.19. The van der Waals surface area contributed by atoms with Crippen molar-refractivity contribution in [1.29, 1.82) is 0 Å². The van der Waals surface area contributed by atoms with Crippen LogP contribution in [0.5, 0.6) is 0 Å². The number of nitrogens with one attached hydrogen (secondary N) is 2. The third kappa shape index (κ3) is 8.03. The number of likely N-dealkylation sites (tertiary alicyclic amines) is 1. The van der Waals surface area contributed by atoms with Gasteiger partial charge in [-0.05, 0) is 38.0 Å². The number of piperidine rings is 1. The van der Waals surface area contributed by atoms with Gasteiger partial charge in [0.1, 0.15) is 0 Å². The van der Waals surface area contributed by atoms with Gasteiger partial charge < -0.3 is 15.5 Å². The molecule has 0 spiro atoms. The van der Waals surface area contributed by atoms with E-state index in [0.717, 1.165) is 25.5 Å². The van der Waals surface area contributed by atoms with E-state index >= 15 is 0 Å². The molecular formula is C18H37IN4O. The summed E-state index contributed by atoms with van der Waals surface area (Å²) in [4.78, 5) is 18.6. The highest BCUT2D eigenvalue weighted by Gasteiger charge is 2.31. The van der Waals surface area contributed by atoms with Gasteiger partial charge in [-0.3, -0.25) is 9.79 Å². The lowest BCUT2D eigenvalue weighted by Crippen LogP contribution is -2.50. The molecule has 0 aromatic rings. The Kier molecular flexibility index (Phi) is 11.7. The molecule has 2 atom stereocenters. The van der Waals surface area contributed by atoms with Crippen molar-refractivity contribution < 1.29 is 4.79 Å². The topological polar surface area (TPSA) is 56.7 Å². The molecule has 0 aliphatic carbocycles. The van der Waals surface area contributed by atoms with Crippen LogP contribution in [0.25, 0.3) is 0 Å². The van der Waals surface area contributed by atoms with Crippen LogP contribution in [0.2, 0.25) is 0 Å². The molecule has 0 aromatic carbocycles. The first kappa shape index (κ1) is 23.5. The summed E-state index contributed by atoms with van der Waals surface area (Å²) in [6.07, 6.45) is 6.45. The zero-order valence-corrected chi connectivity index (χ0v) is 18.5. The quantitative estimate of drug-likeness (QED) is 0.354. The third-order valence-corrected chi connectivity index (χ3v) is 4.80. The van der Waals surface area contributed by atoms with E-state index in [2.05, 4.69) is 41.3 Å². The van der Waals surface area contributed by atoms with Crippen LogP contribution in [0.15, 0.2) is 4.99 Å². The Morgan fingerprint density at radius 1 is 1.38 bits per heavy atom. The highest BCUT2D eigenvalue weighted by Crippen LogP contribution is 2.33. The van der Waals surface area contributed by atoms with Gasteiger partial charge in [0.05, 0.1) is 0 Å². The Labute approximate surface area is 165 Å². The molecule has 1 saturated heterocycles. The fourth-order valence-electron chi connectivity index (χ4n) is 3.37. The van der Waals surface area contributed by atoms with Crippen LogP contribution < -0.4 is 10.6 Å². The maximum Gasteiger partial charge on any atom is 0.221 e. The predicted octanol–water partition coefficient (Wildman–Crippen LogP) is 3.39. The lowest BCUT2D eigenvalue weighted by Gasteiger charge is -2.42. The Hall–Kier alpha value is -0.530. The second-order valence-corrected chi connectivity index (χ2v) is 7.19. The number of hydrogen-bond donors (Lipinski definition) is 2. The molecule has 1 aliphatic rings. The third-order valence-electron chi connectivity index (χ3n) is 4.80. The van der Waals surface area contributed by atoms with Crippen molar-refractivity contribution in [1.82, 2.24) is 15.5 Å². The van der Waals surface area contributed by atoms with Gasteiger partial charge in [0.15, 0.2) is 5.96 Å². The van der Waals surface area contributed by atoms with Gasteiger partial charge in [-0.25, -0.2) is 0 Å². The van der Waals surface area contributed by atoms with Crippen LogP contribution in [0.1, 0.15) is 66.2 Å². The Morgan fingerprint density at radius 3 is 2.67 bits per heavy atom. The normalized spacial score (nSPS) is 22.5. The minimum atomic E-state index is 0. The molecule has 0 saturated carbocycles. The fraction of sp³-hybridized carbons (Fsp3) is 0.889. The van der Waals surface area contributed by atoms with Crippen LogP contribution in [0.3, 0.4) is 0 Å². The molecule has 6 heteroatoms. The predicted molar refractivity (Wildman–Crippen MR) is 113 cm³/mol. The molecular weight excluding hydrogens is 415 g/mol. The number of halogens is 1. The van der Waals surface area contributed by atoms with Gasteiger partial charge in [0, 0.05) is 39.1 Å². The fourth-order valence-corrected chi connectivity index (χ4v) is 3.37. The molecule has 1 fully saturated rings. The summed E-state index contributed by atoms with van der Waals surface area (Å²) in [6, 6.07) is 0.249. The van der Waals surface area contributed by atoms with E-state index in [1.807, 2.05) is 14.0 Å². The number of carbonyl (C=O) groups excluding carboxylic acids is 1. The van der Waals surface area contributed by atoms with Crippen molar-refractivity contribution in [2.75, 3.05) is 26.7 Å². The van der Waals surface area contributed by atoms with Crippen LogP contribution in [-0.2, 0) is 4.79 Å². The summed E-state index contributed by atoms with van der Waals surface area (Å²) in [5.41, 5.74) is 0.387. The summed E-state index contributed by atoms with van der Waals surface area (Å²) in [5.74, 6) is 1.04. The molecule has 0 radical (unpaired) electrons. The van der Waals surface area contributed by atoms with Crippen LogP contribution in [0, 0.1) is 5.41 Å². The molecule has 1 heterocycles. The Balaban J connectivity index is 0.00000529. The minimum absolute atomic E-state index is 0. The highest BCUT2D eigenvalue weighted by molar-refractivity contribution is 14.0. The first-order chi connectivity index (χ1) is 10.9. The Bertz CT molecular complexity index is 398. The SMILES string of the molecule is CCCC1(C)CCCN(C(=NC)NCCC(=O)NC(C)CC)C1.I. The number of guanidine groups is 1. The number of amides is 1. The molecule has 1 amide bonds. The second-order valence-electron chi connectivity index (χ2n) is 7.19. The van der Waals surface area contributed by atoms with E-state index in [0.29, 0.717) is 18.4 Å². The van der Waals surface area contributed by atoms with E-state index in [-0.39, 0.29) is 35.9 Å². The van der Waals surface area contributed by atoms with Crippen molar-refractivity contribution in [3.8, 4) is 0 Å². The van der Waals surface area contributed by atoms with Gasteiger partial charge >= 0.3 is 0 Å². The molecule has 1 rings (SSSR count). The lowest BCUT2D eigenvalue weighted by molar-refractivity contribution is -0.121. The minimum Gasteiger partial charge on any atom is -0.356 e. The molecule has 0 bridgehead atoms. The van der Waals surface area contributed by atoms with E-state index in [4.69, 9.17) is 0 Å². The van der Waals surface area contributed by atoms with E-state index in [1.165, 1.54) is 25.7 Å². The Morgan fingerprint density at radius 2 is 2.08 bits per heavy atom. The van der Waals surface area contributed by atoms with Crippen molar-refractivity contribution in [3.63, 3.8) is 0 Å². The second kappa shape index (κ2) is 11.9. The van der Waals surface area contributed by atoms with Gasteiger partial charge in [0.25, 0.3) is 0 Å². The summed E-state index contributed by atoms with van der Waals surface area (Å²) >= 11 is 0. The van der Waals surface area contributed by atoms with Crippen LogP contribution in [-0.4, -0.2) is 49.5 Å².